The molecule has 1 aliphatic heterocycles. The van der Waals surface area contributed by atoms with Crippen molar-refractivity contribution >= 4 is 6.09 Å². The molecule has 1 aliphatic rings. The number of hydrogen-bond acceptors (Lipinski definition) is 6. The zero-order valence-electron chi connectivity index (χ0n) is 16.7. The molecule has 1 fully saturated rings. The van der Waals surface area contributed by atoms with Gasteiger partial charge in [-0.15, -0.1) is 0 Å². The lowest BCUT2D eigenvalue weighted by Crippen LogP contribution is -2.36. The van der Waals surface area contributed by atoms with Gasteiger partial charge in [-0.2, -0.15) is 5.10 Å². The molecule has 8 heteroatoms. The molecule has 1 amide bonds. The van der Waals surface area contributed by atoms with Crippen molar-refractivity contribution in [2.45, 2.75) is 19.9 Å². The average Bonchev–Trinajstić information content (AvgIpc) is 3.22. The van der Waals surface area contributed by atoms with Gasteiger partial charge in [0, 0.05) is 50.6 Å². The zero-order valence-corrected chi connectivity index (χ0v) is 16.7. The van der Waals surface area contributed by atoms with Crippen LogP contribution in [0.5, 0.6) is 5.75 Å². The molecule has 4 rings (SSSR count). The predicted octanol–water partition coefficient (Wildman–Crippen LogP) is 3.09. The molecule has 8 nitrogen and oxygen atoms in total. The lowest BCUT2D eigenvalue weighted by atomic mass is 10.2. The predicted molar refractivity (Wildman–Crippen MR) is 107 cm³/mol. The largest absolute Gasteiger partial charge is 0.415 e. The highest BCUT2D eigenvalue weighted by Gasteiger charge is 2.22. The second-order valence-corrected chi connectivity index (χ2v) is 7.24. The van der Waals surface area contributed by atoms with Crippen LogP contribution in [0.1, 0.15) is 17.9 Å². The number of aromatic nitrogens is 3. The van der Waals surface area contributed by atoms with Gasteiger partial charge in [0.05, 0.1) is 12.7 Å². The molecule has 1 aromatic carbocycles. The van der Waals surface area contributed by atoms with Gasteiger partial charge in [-0.25, -0.2) is 4.79 Å². The first-order valence-corrected chi connectivity index (χ1v) is 9.79. The summed E-state index contributed by atoms with van der Waals surface area (Å²) < 4.78 is 12.8. The minimum absolute atomic E-state index is 0.299. The molecular weight excluding hydrogens is 370 g/mol. The molecule has 0 unspecified atom stereocenters. The monoisotopic (exact) mass is 395 g/mol. The molecule has 0 aliphatic carbocycles. The third-order valence-electron chi connectivity index (χ3n) is 5.24. The molecule has 3 aromatic rings. The number of carbonyl (C=O) groups is 1. The van der Waals surface area contributed by atoms with Crippen LogP contribution >= 0.6 is 0 Å². The van der Waals surface area contributed by atoms with E-state index in [2.05, 4.69) is 15.2 Å². The van der Waals surface area contributed by atoms with Crippen LogP contribution in [0.15, 0.2) is 47.1 Å². The number of rotatable bonds is 4. The van der Waals surface area contributed by atoms with E-state index in [1.165, 1.54) is 0 Å². The summed E-state index contributed by atoms with van der Waals surface area (Å²) in [6.45, 7) is 5.61. The summed E-state index contributed by atoms with van der Waals surface area (Å²) in [6, 6.07) is 11.1. The third kappa shape index (κ3) is 4.48. The van der Waals surface area contributed by atoms with Crippen molar-refractivity contribution in [1.82, 2.24) is 24.7 Å². The van der Waals surface area contributed by atoms with Gasteiger partial charge in [0.15, 0.2) is 5.76 Å². The van der Waals surface area contributed by atoms with Crippen LogP contribution in [0.25, 0.3) is 11.3 Å². The van der Waals surface area contributed by atoms with Crippen LogP contribution < -0.4 is 4.74 Å². The van der Waals surface area contributed by atoms with Crippen LogP contribution in [-0.4, -0.2) is 57.0 Å². The van der Waals surface area contributed by atoms with Crippen molar-refractivity contribution in [1.29, 1.82) is 0 Å². The smallest absolute Gasteiger partial charge is 0.410 e. The molecule has 0 N–H and O–H groups in total. The van der Waals surface area contributed by atoms with E-state index >= 15 is 0 Å². The van der Waals surface area contributed by atoms with Crippen LogP contribution in [0.3, 0.4) is 0 Å². The topological polar surface area (TPSA) is 76.6 Å². The maximum absolute atomic E-state index is 12.4. The van der Waals surface area contributed by atoms with Gasteiger partial charge in [-0.3, -0.25) is 9.58 Å². The Labute approximate surface area is 169 Å². The summed E-state index contributed by atoms with van der Waals surface area (Å²) in [7, 11) is 1.91. The van der Waals surface area contributed by atoms with Gasteiger partial charge in [-0.1, -0.05) is 23.4 Å². The molecule has 0 saturated carbocycles. The van der Waals surface area contributed by atoms with E-state index < -0.39 is 0 Å². The SMILES string of the molecule is Cc1c(-c2cc(CN3CCCN(C(=O)Oc4ccccc4)CC3)on2)cnn1C. The number of nitrogens with zero attached hydrogens (tertiary/aromatic N) is 5. The molecular formula is C21H25N5O3. The second kappa shape index (κ2) is 8.48. The number of para-hydroxylation sites is 1. The molecule has 0 bridgehead atoms. The molecule has 0 atom stereocenters. The maximum Gasteiger partial charge on any atom is 0.415 e. The van der Waals surface area contributed by atoms with Crippen molar-refractivity contribution in [3.63, 3.8) is 0 Å². The van der Waals surface area contributed by atoms with E-state index in [9.17, 15) is 4.79 Å². The van der Waals surface area contributed by atoms with Crippen molar-refractivity contribution < 1.29 is 14.1 Å². The highest BCUT2D eigenvalue weighted by atomic mass is 16.6. The van der Waals surface area contributed by atoms with E-state index in [0.717, 1.165) is 42.2 Å². The van der Waals surface area contributed by atoms with E-state index in [-0.39, 0.29) is 6.09 Å². The fourth-order valence-corrected chi connectivity index (χ4v) is 3.45. The Bertz CT molecular complexity index is 966. The lowest BCUT2D eigenvalue weighted by Gasteiger charge is -2.20. The molecule has 3 heterocycles. The minimum atomic E-state index is -0.299. The fourth-order valence-electron chi connectivity index (χ4n) is 3.45. The van der Waals surface area contributed by atoms with Crippen molar-refractivity contribution in [3.8, 4) is 17.0 Å². The lowest BCUT2D eigenvalue weighted by molar-refractivity contribution is 0.152. The Morgan fingerprint density at radius 1 is 1.17 bits per heavy atom. The standard InChI is InChI=1S/C21H25N5O3/c1-16-19(14-22-24(16)2)20-13-18(29-23-20)15-25-9-6-10-26(12-11-25)21(27)28-17-7-4-3-5-8-17/h3-5,7-8,13-14H,6,9-12,15H2,1-2H3. The molecule has 0 radical (unpaired) electrons. The second-order valence-electron chi connectivity index (χ2n) is 7.24. The van der Waals surface area contributed by atoms with Gasteiger partial charge in [0.1, 0.15) is 11.4 Å². The van der Waals surface area contributed by atoms with Crippen LogP contribution in [0, 0.1) is 6.92 Å². The van der Waals surface area contributed by atoms with Gasteiger partial charge in [0.25, 0.3) is 0 Å². The number of ether oxygens (including phenoxy) is 1. The summed E-state index contributed by atoms with van der Waals surface area (Å²) in [5.74, 6) is 1.38. The Balaban J connectivity index is 1.33. The quantitative estimate of drug-likeness (QED) is 0.676. The zero-order chi connectivity index (χ0) is 20.2. The first kappa shape index (κ1) is 19.2. The number of amides is 1. The Hall–Kier alpha value is -3.13. The minimum Gasteiger partial charge on any atom is -0.410 e. The Morgan fingerprint density at radius 2 is 2.00 bits per heavy atom. The van der Waals surface area contributed by atoms with Crippen molar-refractivity contribution in [2.24, 2.45) is 7.05 Å². The highest BCUT2D eigenvalue weighted by Crippen LogP contribution is 2.23. The normalized spacial score (nSPS) is 15.3. The molecule has 1 saturated heterocycles. The van der Waals surface area contributed by atoms with Crippen molar-refractivity contribution in [2.75, 3.05) is 26.2 Å². The average molecular weight is 395 g/mol. The van der Waals surface area contributed by atoms with Gasteiger partial charge in [-0.05, 0) is 25.5 Å². The van der Waals surface area contributed by atoms with Crippen LogP contribution in [0.2, 0.25) is 0 Å². The first-order chi connectivity index (χ1) is 14.1. The molecule has 0 spiro atoms. The molecule has 29 heavy (non-hydrogen) atoms. The number of hydrogen-bond donors (Lipinski definition) is 0. The Morgan fingerprint density at radius 3 is 2.76 bits per heavy atom. The molecule has 2 aromatic heterocycles. The van der Waals surface area contributed by atoms with Crippen molar-refractivity contribution in [3.05, 3.63) is 54.0 Å². The van der Waals surface area contributed by atoms with Crippen LogP contribution in [-0.2, 0) is 13.6 Å². The van der Waals surface area contributed by atoms with E-state index in [4.69, 9.17) is 9.26 Å². The van der Waals surface area contributed by atoms with E-state index in [1.54, 1.807) is 23.2 Å². The van der Waals surface area contributed by atoms with E-state index in [1.807, 2.05) is 42.9 Å². The first-order valence-electron chi connectivity index (χ1n) is 9.79. The highest BCUT2D eigenvalue weighted by molar-refractivity contribution is 5.70. The fraction of sp³-hybridized carbons (Fsp3) is 0.381. The number of aryl methyl sites for hydroxylation is 1. The Kier molecular flexibility index (Phi) is 5.62. The van der Waals surface area contributed by atoms with Crippen LogP contribution in [0.4, 0.5) is 4.79 Å². The summed E-state index contributed by atoms with van der Waals surface area (Å²) in [6.07, 6.45) is 2.39. The summed E-state index contributed by atoms with van der Waals surface area (Å²) in [4.78, 5) is 16.5. The summed E-state index contributed by atoms with van der Waals surface area (Å²) in [5, 5.41) is 8.46. The molecule has 152 valence electrons. The van der Waals surface area contributed by atoms with Gasteiger partial charge >= 0.3 is 6.09 Å². The summed E-state index contributed by atoms with van der Waals surface area (Å²) >= 11 is 0. The summed E-state index contributed by atoms with van der Waals surface area (Å²) in [5.41, 5.74) is 2.83. The van der Waals surface area contributed by atoms with Gasteiger partial charge < -0.3 is 14.2 Å². The number of benzene rings is 1. The van der Waals surface area contributed by atoms with E-state index in [0.29, 0.717) is 25.4 Å². The number of carbonyl (C=O) groups excluding carboxylic acids is 1. The third-order valence-corrected chi connectivity index (χ3v) is 5.24. The van der Waals surface area contributed by atoms with Gasteiger partial charge in [0.2, 0.25) is 0 Å². The maximum atomic E-state index is 12.4.